The van der Waals surface area contributed by atoms with Crippen LogP contribution in [-0.2, 0) is 34.3 Å². The van der Waals surface area contributed by atoms with Crippen LogP contribution in [0.4, 0.5) is 0 Å². The molecule has 0 saturated heterocycles. The van der Waals surface area contributed by atoms with Gasteiger partial charge in [-0.05, 0) is 52.0 Å². The summed E-state index contributed by atoms with van der Waals surface area (Å²) in [5.41, 5.74) is 4.43. The summed E-state index contributed by atoms with van der Waals surface area (Å²) in [6, 6.07) is 16.5. The van der Waals surface area contributed by atoms with Crippen molar-refractivity contribution < 1.29 is 27.5 Å². The third-order valence-corrected chi connectivity index (χ3v) is 7.26. The van der Waals surface area contributed by atoms with Crippen molar-refractivity contribution in [1.82, 2.24) is 15.1 Å². The summed E-state index contributed by atoms with van der Waals surface area (Å²) in [6.07, 6.45) is 1.82. The number of carbonyl (C=O) groups excluding carboxylic acids is 2. The van der Waals surface area contributed by atoms with Crippen molar-refractivity contribution in [1.29, 1.82) is 0 Å². The van der Waals surface area contributed by atoms with E-state index in [0.29, 0.717) is 44.3 Å². The molecule has 3 aromatic rings. The number of hydrogen-bond donors (Lipinski definition) is 1. The van der Waals surface area contributed by atoms with Gasteiger partial charge in [-0.25, -0.2) is 18.5 Å². The van der Waals surface area contributed by atoms with Crippen molar-refractivity contribution in [2.75, 3.05) is 20.3 Å². The van der Waals surface area contributed by atoms with E-state index in [1.165, 1.54) is 7.11 Å². The minimum absolute atomic E-state index is 0.175. The Hall–Kier alpha value is -4.02. The van der Waals surface area contributed by atoms with Crippen molar-refractivity contribution in [2.24, 2.45) is 0 Å². The third kappa shape index (κ3) is 5.71. The van der Waals surface area contributed by atoms with Gasteiger partial charge in [0.15, 0.2) is 11.1 Å². The average Bonchev–Trinajstić information content (AvgIpc) is 3.38. The first-order chi connectivity index (χ1) is 18.8. The summed E-state index contributed by atoms with van der Waals surface area (Å²) in [6.45, 7) is 7.37. The summed E-state index contributed by atoms with van der Waals surface area (Å²) in [5.74, 6) is -1.89. The van der Waals surface area contributed by atoms with Gasteiger partial charge in [0, 0.05) is 28.7 Å². The topological polar surface area (TPSA) is 109 Å². The number of aromatic nitrogens is 2. The van der Waals surface area contributed by atoms with Crippen LogP contribution >= 0.6 is 0 Å². The molecule has 0 amide bonds. The molecule has 1 aliphatic rings. The predicted octanol–water partition coefficient (Wildman–Crippen LogP) is 4.57. The van der Waals surface area contributed by atoms with E-state index >= 15 is 0 Å². The van der Waals surface area contributed by atoms with Crippen LogP contribution in [-0.4, -0.2) is 46.3 Å². The van der Waals surface area contributed by atoms with E-state index in [2.05, 4.69) is 5.32 Å². The molecule has 2 aromatic carbocycles. The number of para-hydroxylation sites is 1. The van der Waals surface area contributed by atoms with E-state index in [-0.39, 0.29) is 13.2 Å². The summed E-state index contributed by atoms with van der Waals surface area (Å²) in [4.78, 5) is 27.2. The van der Waals surface area contributed by atoms with Gasteiger partial charge < -0.3 is 14.8 Å². The molecular weight excluding hydrogens is 518 g/mol. The van der Waals surface area contributed by atoms with Gasteiger partial charge in [-0.3, -0.25) is 4.18 Å². The van der Waals surface area contributed by atoms with Crippen molar-refractivity contribution in [3.05, 3.63) is 88.9 Å². The maximum atomic E-state index is 13.3. The van der Waals surface area contributed by atoms with Crippen LogP contribution in [0.5, 0.6) is 0 Å². The Morgan fingerprint density at radius 3 is 2.00 bits per heavy atom. The standard InChI is InChI=1S/C29H31N3O6S/c1-6-37-28(33)24-18(3)30-19(4)25(29(34)38-7-2)26(24)23-17-32(21-11-9-8-10-12-21)31-27(23)20-13-15-22(16-14-20)39(35)36-5/h8-17,26,30H,6-7H2,1-5H3. The van der Waals surface area contributed by atoms with Crippen molar-refractivity contribution >= 4 is 23.0 Å². The highest BCUT2D eigenvalue weighted by Gasteiger charge is 2.40. The summed E-state index contributed by atoms with van der Waals surface area (Å²) in [7, 11) is 1.37. The Morgan fingerprint density at radius 2 is 1.49 bits per heavy atom. The van der Waals surface area contributed by atoms with Gasteiger partial charge >= 0.3 is 11.9 Å². The Kier molecular flexibility index (Phi) is 8.78. The zero-order valence-corrected chi connectivity index (χ0v) is 23.3. The highest BCUT2D eigenvalue weighted by molar-refractivity contribution is 7.80. The lowest BCUT2D eigenvalue weighted by molar-refractivity contribution is -0.139. The molecule has 0 fully saturated rings. The lowest BCUT2D eigenvalue weighted by Crippen LogP contribution is -2.32. The third-order valence-electron chi connectivity index (χ3n) is 6.30. The van der Waals surface area contributed by atoms with E-state index < -0.39 is 28.9 Å². The number of ether oxygens (including phenoxy) is 2. The van der Waals surface area contributed by atoms with Crippen LogP contribution in [0.25, 0.3) is 16.9 Å². The van der Waals surface area contributed by atoms with Crippen LogP contribution < -0.4 is 5.32 Å². The van der Waals surface area contributed by atoms with E-state index in [1.807, 2.05) is 36.5 Å². The number of esters is 2. The molecule has 10 heteroatoms. The second kappa shape index (κ2) is 12.2. The lowest BCUT2D eigenvalue weighted by atomic mass is 9.79. The molecule has 2 heterocycles. The minimum Gasteiger partial charge on any atom is -0.463 e. The maximum Gasteiger partial charge on any atom is 0.336 e. The number of dihydropyridines is 1. The lowest BCUT2D eigenvalue weighted by Gasteiger charge is -2.30. The number of hydrogen-bond acceptors (Lipinski definition) is 8. The van der Waals surface area contributed by atoms with Crippen molar-refractivity contribution in [2.45, 2.75) is 38.5 Å². The molecule has 1 aromatic heterocycles. The Labute approximate surface area is 230 Å². The summed E-state index contributed by atoms with van der Waals surface area (Å²) < 4.78 is 29.7. The molecule has 39 heavy (non-hydrogen) atoms. The van der Waals surface area contributed by atoms with Gasteiger partial charge in [0.2, 0.25) is 0 Å². The van der Waals surface area contributed by atoms with E-state index in [0.717, 1.165) is 5.69 Å². The number of benzene rings is 2. The SMILES string of the molecule is CCOC(=O)C1=C(C)NC(C)=C(C(=O)OCC)C1c1cn(-c2ccccc2)nc1-c1ccc(S(=O)OC)cc1. The van der Waals surface area contributed by atoms with E-state index in [1.54, 1.807) is 56.6 Å². The summed E-state index contributed by atoms with van der Waals surface area (Å²) in [5, 5.41) is 8.05. The van der Waals surface area contributed by atoms with Crippen LogP contribution in [0.2, 0.25) is 0 Å². The Morgan fingerprint density at radius 1 is 0.923 bits per heavy atom. The molecule has 0 saturated carbocycles. The number of nitrogens with zero attached hydrogens (tertiary/aromatic N) is 2. The molecule has 9 nitrogen and oxygen atoms in total. The van der Waals surface area contributed by atoms with Crippen LogP contribution in [0.15, 0.2) is 88.2 Å². The molecule has 0 aliphatic carbocycles. The first-order valence-corrected chi connectivity index (χ1v) is 13.6. The number of rotatable bonds is 9. The van der Waals surface area contributed by atoms with Gasteiger partial charge in [0.25, 0.3) is 0 Å². The van der Waals surface area contributed by atoms with E-state index in [4.69, 9.17) is 18.8 Å². The van der Waals surface area contributed by atoms with Crippen molar-refractivity contribution in [3.63, 3.8) is 0 Å². The highest BCUT2D eigenvalue weighted by atomic mass is 32.2. The van der Waals surface area contributed by atoms with Crippen LogP contribution in [0, 0.1) is 0 Å². The minimum atomic E-state index is -1.60. The Balaban J connectivity index is 1.99. The van der Waals surface area contributed by atoms with Gasteiger partial charge in [-0.15, -0.1) is 0 Å². The maximum absolute atomic E-state index is 13.3. The largest absolute Gasteiger partial charge is 0.463 e. The summed E-state index contributed by atoms with van der Waals surface area (Å²) >= 11 is -1.60. The molecule has 4 rings (SSSR count). The molecule has 0 bridgehead atoms. The smallest absolute Gasteiger partial charge is 0.336 e. The zero-order chi connectivity index (χ0) is 28.1. The fourth-order valence-electron chi connectivity index (χ4n) is 4.62. The highest BCUT2D eigenvalue weighted by Crippen LogP contribution is 2.43. The molecule has 1 aliphatic heterocycles. The van der Waals surface area contributed by atoms with Crippen LogP contribution in [0.1, 0.15) is 39.2 Å². The molecule has 0 radical (unpaired) electrons. The number of allylic oxidation sites excluding steroid dienone is 2. The first kappa shape index (κ1) is 28.0. The molecular formula is C29H31N3O6S. The fourth-order valence-corrected chi connectivity index (χ4v) is 5.17. The fraction of sp³-hybridized carbons (Fsp3) is 0.276. The van der Waals surface area contributed by atoms with Gasteiger partial charge in [-0.2, -0.15) is 5.10 Å². The monoisotopic (exact) mass is 549 g/mol. The quantitative estimate of drug-likeness (QED) is 0.387. The first-order valence-electron chi connectivity index (χ1n) is 12.5. The van der Waals surface area contributed by atoms with Gasteiger partial charge in [0.05, 0.1) is 53.7 Å². The molecule has 204 valence electrons. The van der Waals surface area contributed by atoms with Crippen molar-refractivity contribution in [3.8, 4) is 16.9 Å². The van der Waals surface area contributed by atoms with E-state index in [9.17, 15) is 13.8 Å². The van der Waals surface area contributed by atoms with Gasteiger partial charge in [0.1, 0.15) is 0 Å². The second-order valence-electron chi connectivity index (χ2n) is 8.72. The average molecular weight is 550 g/mol. The van der Waals surface area contributed by atoms with Crippen LogP contribution in [0.3, 0.4) is 0 Å². The number of nitrogens with one attached hydrogen (secondary N) is 1. The molecule has 0 spiro atoms. The van der Waals surface area contributed by atoms with Gasteiger partial charge in [-0.1, -0.05) is 30.3 Å². The second-order valence-corrected chi connectivity index (χ2v) is 9.99. The number of carbonyl (C=O) groups is 2. The normalized spacial score (nSPS) is 14.7. The Bertz CT molecular complexity index is 1420. The predicted molar refractivity (Wildman–Crippen MR) is 147 cm³/mol. The molecule has 1 N–H and O–H groups in total. The molecule has 1 unspecified atom stereocenters. The molecule has 1 atom stereocenters. The zero-order valence-electron chi connectivity index (χ0n) is 22.5.